The number of carbonyl (C=O) groups is 1. The van der Waals surface area contributed by atoms with Gasteiger partial charge in [-0.25, -0.2) is 0 Å². The van der Waals surface area contributed by atoms with Crippen LogP contribution < -0.4 is 5.11 Å². The first-order valence-corrected chi connectivity index (χ1v) is 2.86. The summed E-state index contributed by atoms with van der Waals surface area (Å²) in [6.45, 7) is 3.86. The summed E-state index contributed by atoms with van der Waals surface area (Å²) in [6.07, 6.45) is 1.10. The second-order valence-electron chi connectivity index (χ2n) is 2.09. The van der Waals surface area contributed by atoms with E-state index < -0.39 is 5.97 Å². The van der Waals surface area contributed by atoms with Crippen molar-refractivity contribution in [3.8, 4) is 0 Å². The highest BCUT2D eigenvalue weighted by atomic mass is 16.4. The molecule has 0 bridgehead atoms. The Bertz CT molecular complexity index is 78.6. The number of hydrogen-bond acceptors (Lipinski definition) is 2. The molecule has 0 saturated carbocycles. The zero-order chi connectivity index (χ0) is 6.57. The summed E-state index contributed by atoms with van der Waals surface area (Å²) in [5.74, 6) is -0.681. The van der Waals surface area contributed by atoms with Crippen LogP contribution in [0.4, 0.5) is 0 Å². The molecule has 0 spiro atoms. The largest absolute Gasteiger partial charge is 0.550 e. The first-order chi connectivity index (χ1) is 3.66. The molecule has 0 aliphatic heterocycles. The summed E-state index contributed by atoms with van der Waals surface area (Å²) in [5.41, 5.74) is 0. The third-order valence-corrected chi connectivity index (χ3v) is 1.21. The van der Waals surface area contributed by atoms with Crippen LogP contribution >= 0.6 is 0 Å². The van der Waals surface area contributed by atoms with E-state index in [4.69, 9.17) is 0 Å². The minimum Gasteiger partial charge on any atom is -0.550 e. The number of carbonyl (C=O) groups excluding carboxylic acids is 1. The van der Waals surface area contributed by atoms with Crippen LogP contribution in [0.15, 0.2) is 0 Å². The van der Waals surface area contributed by atoms with Crippen molar-refractivity contribution in [1.82, 2.24) is 0 Å². The van der Waals surface area contributed by atoms with E-state index in [9.17, 15) is 9.90 Å². The van der Waals surface area contributed by atoms with E-state index in [0.717, 1.165) is 6.42 Å². The zero-order valence-corrected chi connectivity index (χ0v) is 5.31. The molecule has 0 aromatic rings. The van der Waals surface area contributed by atoms with E-state index in [2.05, 4.69) is 0 Å². The summed E-state index contributed by atoms with van der Waals surface area (Å²) in [7, 11) is 0. The van der Waals surface area contributed by atoms with Gasteiger partial charge in [0.2, 0.25) is 0 Å². The summed E-state index contributed by atoms with van der Waals surface area (Å²) in [5, 5.41) is 9.86. The third-order valence-electron chi connectivity index (χ3n) is 1.21. The molecule has 0 aromatic carbocycles. The fourth-order valence-electron chi connectivity index (χ4n) is 0.429. The predicted molar refractivity (Wildman–Crippen MR) is 29.1 cm³/mol. The SMILES string of the molecule is CCC(C)CC(=O)[O-]. The molecule has 0 heterocycles. The van der Waals surface area contributed by atoms with Crippen molar-refractivity contribution in [2.45, 2.75) is 26.7 Å². The lowest BCUT2D eigenvalue weighted by Gasteiger charge is -2.06. The fourth-order valence-corrected chi connectivity index (χ4v) is 0.429. The highest BCUT2D eigenvalue weighted by Gasteiger charge is 1.96. The number of carboxylic acids is 1. The Kier molecular flexibility index (Phi) is 3.24. The molecule has 48 valence electrons. The standard InChI is InChI=1S/C6H12O2/c1-3-5(2)4-6(7)8/h5H,3-4H2,1-2H3,(H,7,8)/p-1. The normalized spacial score (nSPS) is 13.2. The van der Waals surface area contributed by atoms with Gasteiger partial charge in [-0.3, -0.25) is 0 Å². The number of aliphatic carboxylic acids is 1. The molecular weight excluding hydrogens is 104 g/mol. The van der Waals surface area contributed by atoms with E-state index in [1.807, 2.05) is 13.8 Å². The van der Waals surface area contributed by atoms with Gasteiger partial charge in [-0.1, -0.05) is 20.3 Å². The molecule has 0 aromatic heterocycles. The molecule has 0 N–H and O–H groups in total. The Hall–Kier alpha value is -0.530. The molecule has 2 heteroatoms. The smallest absolute Gasteiger partial charge is 0.0416 e. The van der Waals surface area contributed by atoms with Crippen molar-refractivity contribution in [2.75, 3.05) is 0 Å². The Balaban J connectivity index is 3.24. The molecule has 0 saturated heterocycles. The molecule has 8 heavy (non-hydrogen) atoms. The van der Waals surface area contributed by atoms with Gasteiger partial charge in [0.15, 0.2) is 0 Å². The summed E-state index contributed by atoms with van der Waals surface area (Å²) in [6, 6.07) is 0. The van der Waals surface area contributed by atoms with Gasteiger partial charge in [-0.05, 0) is 12.3 Å². The monoisotopic (exact) mass is 115 g/mol. The van der Waals surface area contributed by atoms with Gasteiger partial charge in [-0.2, -0.15) is 0 Å². The van der Waals surface area contributed by atoms with Gasteiger partial charge in [0.25, 0.3) is 0 Å². The lowest BCUT2D eigenvalue weighted by molar-refractivity contribution is -0.306. The predicted octanol–water partition coefficient (Wildman–Crippen LogP) is 0.172. The van der Waals surface area contributed by atoms with E-state index in [-0.39, 0.29) is 12.3 Å². The Morgan fingerprint density at radius 1 is 1.75 bits per heavy atom. The molecule has 0 radical (unpaired) electrons. The molecule has 1 unspecified atom stereocenters. The van der Waals surface area contributed by atoms with E-state index in [1.54, 1.807) is 0 Å². The molecule has 0 aliphatic rings. The minimum atomic E-state index is -0.945. The molecule has 0 fully saturated rings. The highest BCUT2D eigenvalue weighted by molar-refractivity contribution is 5.64. The van der Waals surface area contributed by atoms with Gasteiger partial charge in [0.05, 0.1) is 0 Å². The van der Waals surface area contributed by atoms with Crippen LogP contribution in [0.3, 0.4) is 0 Å². The fraction of sp³-hybridized carbons (Fsp3) is 0.833. The van der Waals surface area contributed by atoms with Crippen LogP contribution in [0.25, 0.3) is 0 Å². The van der Waals surface area contributed by atoms with Gasteiger partial charge in [0, 0.05) is 5.97 Å². The summed E-state index contributed by atoms with van der Waals surface area (Å²) >= 11 is 0. The molecule has 0 aliphatic carbocycles. The highest BCUT2D eigenvalue weighted by Crippen LogP contribution is 2.03. The van der Waals surface area contributed by atoms with Crippen molar-refractivity contribution >= 4 is 5.97 Å². The van der Waals surface area contributed by atoms with E-state index in [0.29, 0.717) is 0 Å². The van der Waals surface area contributed by atoms with Crippen LogP contribution in [0.5, 0.6) is 0 Å². The average molecular weight is 115 g/mol. The quantitative estimate of drug-likeness (QED) is 0.526. The lowest BCUT2D eigenvalue weighted by atomic mass is 10.1. The molecule has 2 nitrogen and oxygen atoms in total. The van der Waals surface area contributed by atoms with Gasteiger partial charge in [-0.15, -0.1) is 0 Å². The first-order valence-electron chi connectivity index (χ1n) is 2.86. The third kappa shape index (κ3) is 3.65. The second kappa shape index (κ2) is 3.47. The lowest BCUT2D eigenvalue weighted by Crippen LogP contribution is -2.24. The average Bonchev–Trinajstić information content (AvgIpc) is 1.65. The van der Waals surface area contributed by atoms with Gasteiger partial charge in [0.1, 0.15) is 0 Å². The van der Waals surface area contributed by atoms with Gasteiger partial charge >= 0.3 is 0 Å². The Labute approximate surface area is 49.5 Å². The van der Waals surface area contributed by atoms with Gasteiger partial charge < -0.3 is 9.90 Å². The van der Waals surface area contributed by atoms with Crippen molar-refractivity contribution in [2.24, 2.45) is 5.92 Å². The second-order valence-corrected chi connectivity index (χ2v) is 2.09. The van der Waals surface area contributed by atoms with E-state index in [1.165, 1.54) is 0 Å². The summed E-state index contributed by atoms with van der Waals surface area (Å²) < 4.78 is 0. The van der Waals surface area contributed by atoms with Crippen molar-refractivity contribution in [3.05, 3.63) is 0 Å². The maximum Gasteiger partial charge on any atom is 0.0416 e. The minimum absolute atomic E-state index is 0.191. The van der Waals surface area contributed by atoms with Crippen LogP contribution in [-0.4, -0.2) is 5.97 Å². The maximum absolute atomic E-state index is 9.86. The summed E-state index contributed by atoms with van der Waals surface area (Å²) in [4.78, 5) is 9.86. The zero-order valence-electron chi connectivity index (χ0n) is 5.31. The topological polar surface area (TPSA) is 40.1 Å². The van der Waals surface area contributed by atoms with Crippen molar-refractivity contribution < 1.29 is 9.90 Å². The van der Waals surface area contributed by atoms with Crippen LogP contribution in [0, 0.1) is 5.92 Å². The van der Waals surface area contributed by atoms with Crippen LogP contribution in [0.1, 0.15) is 26.7 Å². The Morgan fingerprint density at radius 3 is 2.38 bits per heavy atom. The molecule has 0 rings (SSSR count). The van der Waals surface area contributed by atoms with Crippen LogP contribution in [-0.2, 0) is 4.79 Å². The molecular formula is C6H11O2-. The number of hydrogen-bond donors (Lipinski definition) is 0. The first kappa shape index (κ1) is 7.47. The van der Waals surface area contributed by atoms with Crippen molar-refractivity contribution in [1.29, 1.82) is 0 Å². The van der Waals surface area contributed by atoms with E-state index >= 15 is 0 Å². The maximum atomic E-state index is 9.86. The Morgan fingerprint density at radius 2 is 2.25 bits per heavy atom. The number of rotatable bonds is 3. The van der Waals surface area contributed by atoms with Crippen LogP contribution in [0.2, 0.25) is 0 Å². The number of carboxylic acid groups (broad SMARTS) is 1. The molecule has 1 atom stereocenters. The molecule has 0 amide bonds. The van der Waals surface area contributed by atoms with Crippen molar-refractivity contribution in [3.63, 3.8) is 0 Å².